The number of nitro groups is 1. The van der Waals surface area contributed by atoms with Crippen LogP contribution in [0.2, 0.25) is 0 Å². The number of nitrogens with zero attached hydrogens (tertiary/aromatic N) is 1. The van der Waals surface area contributed by atoms with Gasteiger partial charge in [-0.15, -0.1) is 0 Å². The van der Waals surface area contributed by atoms with E-state index in [-0.39, 0.29) is 16.6 Å². The number of primary sulfonamides is 1. The summed E-state index contributed by atoms with van der Waals surface area (Å²) in [5.74, 6) is 0.553. The maximum Gasteiger partial charge on any atom is 0.272 e. The van der Waals surface area contributed by atoms with E-state index in [1.807, 2.05) is 0 Å². The van der Waals surface area contributed by atoms with Gasteiger partial charge in [-0.2, -0.15) is 0 Å². The molecule has 7 nitrogen and oxygen atoms in total. The first-order chi connectivity index (χ1) is 9.31. The van der Waals surface area contributed by atoms with Gasteiger partial charge in [0.25, 0.3) is 5.69 Å². The lowest BCUT2D eigenvalue weighted by molar-refractivity contribution is -0.385. The zero-order valence-corrected chi connectivity index (χ0v) is 11.9. The summed E-state index contributed by atoms with van der Waals surface area (Å²) in [7, 11) is -3.96. The lowest BCUT2D eigenvalue weighted by Crippen LogP contribution is -2.13. The number of hydrogen-bond acceptors (Lipinski definition) is 5. The first-order valence-electron chi connectivity index (χ1n) is 6.40. The number of nitro benzene ring substituents is 1. The predicted molar refractivity (Wildman–Crippen MR) is 74.9 cm³/mol. The minimum atomic E-state index is -3.96. The molecule has 1 aromatic carbocycles. The fraction of sp³-hybridized carbons (Fsp3) is 0.500. The van der Waals surface area contributed by atoms with Crippen molar-refractivity contribution in [2.24, 2.45) is 11.1 Å². The first-order valence-corrected chi connectivity index (χ1v) is 7.94. The molecular weight excluding hydrogens is 282 g/mol. The van der Waals surface area contributed by atoms with Crippen LogP contribution in [-0.2, 0) is 10.0 Å². The van der Waals surface area contributed by atoms with Crippen molar-refractivity contribution < 1.29 is 13.3 Å². The molecular formula is C12H17N3O4S. The summed E-state index contributed by atoms with van der Waals surface area (Å²) < 4.78 is 22.7. The number of non-ortho nitro benzene ring substituents is 1. The predicted octanol–water partition coefficient (Wildman–Crippen LogP) is 1.84. The Morgan fingerprint density at radius 2 is 2.15 bits per heavy atom. The first kappa shape index (κ1) is 14.7. The Morgan fingerprint density at radius 1 is 1.45 bits per heavy atom. The normalized spacial score (nSPS) is 21.5. The fourth-order valence-corrected chi connectivity index (χ4v) is 2.84. The Hall–Kier alpha value is -1.67. The summed E-state index contributed by atoms with van der Waals surface area (Å²) in [5, 5.41) is 19.0. The lowest BCUT2D eigenvalue weighted by Gasteiger charge is -2.07. The van der Waals surface area contributed by atoms with Gasteiger partial charge in [-0.3, -0.25) is 10.1 Å². The smallest absolute Gasteiger partial charge is 0.272 e. The molecule has 0 aromatic heterocycles. The molecule has 20 heavy (non-hydrogen) atoms. The molecule has 0 amide bonds. The zero-order valence-electron chi connectivity index (χ0n) is 11.1. The van der Waals surface area contributed by atoms with E-state index in [0.717, 1.165) is 25.3 Å². The van der Waals surface area contributed by atoms with E-state index in [1.54, 1.807) is 0 Å². The molecule has 1 aromatic rings. The average molecular weight is 299 g/mol. The summed E-state index contributed by atoms with van der Waals surface area (Å²) in [6.07, 6.45) is 3.18. The van der Waals surface area contributed by atoms with Gasteiger partial charge in [0.05, 0.1) is 9.82 Å². The molecule has 1 saturated carbocycles. The minimum absolute atomic E-state index is 0.248. The highest BCUT2D eigenvalue weighted by Gasteiger charge is 2.36. The zero-order chi connectivity index (χ0) is 14.9. The van der Waals surface area contributed by atoms with Gasteiger partial charge in [0.1, 0.15) is 0 Å². The maximum absolute atomic E-state index is 11.4. The van der Waals surface area contributed by atoms with Crippen molar-refractivity contribution in [1.29, 1.82) is 0 Å². The largest absolute Gasteiger partial charge is 0.382 e. The molecule has 0 radical (unpaired) electrons. The topological polar surface area (TPSA) is 115 Å². The third-order valence-corrected chi connectivity index (χ3v) is 4.26. The van der Waals surface area contributed by atoms with Crippen molar-refractivity contribution in [3.05, 3.63) is 28.3 Å². The van der Waals surface area contributed by atoms with Crippen LogP contribution < -0.4 is 10.5 Å². The number of rotatable bonds is 6. The van der Waals surface area contributed by atoms with Gasteiger partial charge in [-0.25, -0.2) is 13.6 Å². The second-order valence-corrected chi connectivity index (χ2v) is 6.61. The molecule has 110 valence electrons. The highest BCUT2D eigenvalue weighted by atomic mass is 32.2. The molecule has 1 fully saturated rings. The highest BCUT2D eigenvalue weighted by molar-refractivity contribution is 7.89. The van der Waals surface area contributed by atoms with E-state index in [0.29, 0.717) is 11.6 Å². The quantitative estimate of drug-likeness (QED) is 0.614. The number of benzene rings is 1. The van der Waals surface area contributed by atoms with Crippen LogP contribution in [0.4, 0.5) is 11.4 Å². The van der Waals surface area contributed by atoms with Gasteiger partial charge in [0.2, 0.25) is 10.0 Å². The van der Waals surface area contributed by atoms with E-state index in [4.69, 9.17) is 5.14 Å². The Labute approximate surface area is 117 Å². The highest BCUT2D eigenvalue weighted by Crippen LogP contribution is 2.38. The standard InChI is InChI=1S/C12H17N3O4S/c1-2-3-8-4-12(8)14-9-5-10(15(16)17)7-11(6-9)20(13,18)19/h5-8,12,14H,2-4H2,1H3,(H2,13,18,19). The van der Waals surface area contributed by atoms with E-state index in [9.17, 15) is 18.5 Å². The molecule has 1 aliphatic rings. The lowest BCUT2D eigenvalue weighted by atomic mass is 10.2. The van der Waals surface area contributed by atoms with Crippen molar-refractivity contribution in [3.63, 3.8) is 0 Å². The summed E-state index contributed by atoms with van der Waals surface area (Å²) in [6.45, 7) is 2.10. The Morgan fingerprint density at radius 3 is 2.70 bits per heavy atom. The number of nitrogens with two attached hydrogens (primary N) is 1. The molecule has 0 heterocycles. The second kappa shape index (κ2) is 5.37. The van der Waals surface area contributed by atoms with E-state index in [1.165, 1.54) is 12.1 Å². The number of hydrogen-bond donors (Lipinski definition) is 2. The van der Waals surface area contributed by atoms with Crippen LogP contribution in [0.5, 0.6) is 0 Å². The van der Waals surface area contributed by atoms with Crippen LogP contribution in [0.15, 0.2) is 23.1 Å². The summed E-state index contributed by atoms with van der Waals surface area (Å²) >= 11 is 0. The molecule has 0 aliphatic heterocycles. The molecule has 2 atom stereocenters. The summed E-state index contributed by atoms with van der Waals surface area (Å²) in [4.78, 5) is 9.97. The number of anilines is 1. The van der Waals surface area contributed by atoms with Gasteiger partial charge >= 0.3 is 0 Å². The van der Waals surface area contributed by atoms with Gasteiger partial charge in [0, 0.05) is 23.9 Å². The molecule has 1 aliphatic carbocycles. The SMILES string of the molecule is CCCC1CC1Nc1cc([N+](=O)[O-])cc(S(N)(=O)=O)c1. The van der Waals surface area contributed by atoms with E-state index >= 15 is 0 Å². The molecule has 0 saturated heterocycles. The average Bonchev–Trinajstić information content (AvgIpc) is 3.06. The monoisotopic (exact) mass is 299 g/mol. The van der Waals surface area contributed by atoms with E-state index < -0.39 is 14.9 Å². The molecule has 2 unspecified atom stereocenters. The van der Waals surface area contributed by atoms with Crippen molar-refractivity contribution in [3.8, 4) is 0 Å². The van der Waals surface area contributed by atoms with Gasteiger partial charge in [-0.05, 0) is 24.8 Å². The molecule has 8 heteroatoms. The molecule has 0 spiro atoms. The summed E-state index contributed by atoms with van der Waals surface area (Å²) in [5.41, 5.74) is 0.138. The van der Waals surface area contributed by atoms with Crippen LogP contribution >= 0.6 is 0 Å². The van der Waals surface area contributed by atoms with Crippen molar-refractivity contribution in [1.82, 2.24) is 0 Å². The van der Waals surface area contributed by atoms with Gasteiger partial charge in [-0.1, -0.05) is 13.3 Å². The van der Waals surface area contributed by atoms with Crippen molar-refractivity contribution >= 4 is 21.4 Å². The molecule has 0 bridgehead atoms. The van der Waals surface area contributed by atoms with Crippen LogP contribution in [0.1, 0.15) is 26.2 Å². The van der Waals surface area contributed by atoms with Gasteiger partial charge < -0.3 is 5.32 Å². The fourth-order valence-electron chi connectivity index (χ4n) is 2.26. The Kier molecular flexibility index (Phi) is 3.96. The molecule has 3 N–H and O–H groups in total. The second-order valence-electron chi connectivity index (χ2n) is 5.05. The minimum Gasteiger partial charge on any atom is -0.382 e. The van der Waals surface area contributed by atoms with Crippen LogP contribution in [0.3, 0.4) is 0 Å². The van der Waals surface area contributed by atoms with Crippen LogP contribution in [0.25, 0.3) is 0 Å². The summed E-state index contributed by atoms with van der Waals surface area (Å²) in [6, 6.07) is 3.89. The van der Waals surface area contributed by atoms with E-state index in [2.05, 4.69) is 12.2 Å². The number of sulfonamides is 1. The van der Waals surface area contributed by atoms with Crippen molar-refractivity contribution in [2.75, 3.05) is 5.32 Å². The molecule has 2 rings (SSSR count). The van der Waals surface area contributed by atoms with Crippen molar-refractivity contribution in [2.45, 2.75) is 37.1 Å². The van der Waals surface area contributed by atoms with Gasteiger partial charge in [0.15, 0.2) is 0 Å². The van der Waals surface area contributed by atoms with Crippen LogP contribution in [0, 0.1) is 16.0 Å². The Bertz CT molecular complexity index is 630. The third kappa shape index (κ3) is 3.45. The third-order valence-electron chi connectivity index (χ3n) is 3.36. The Balaban J connectivity index is 2.24. The van der Waals surface area contributed by atoms with Crippen LogP contribution in [-0.4, -0.2) is 19.4 Å². The number of nitrogens with one attached hydrogen (secondary N) is 1. The maximum atomic E-state index is 11.4.